The van der Waals surface area contributed by atoms with Gasteiger partial charge in [-0.25, -0.2) is 4.98 Å². The van der Waals surface area contributed by atoms with E-state index in [1.165, 1.54) is 16.9 Å². The van der Waals surface area contributed by atoms with Crippen LogP contribution >= 0.6 is 22.9 Å². The first-order valence-electron chi connectivity index (χ1n) is 6.21. The predicted molar refractivity (Wildman–Crippen MR) is 76.2 cm³/mol. The number of thiazole rings is 1. The van der Waals surface area contributed by atoms with Crippen LogP contribution < -0.4 is 5.73 Å². The van der Waals surface area contributed by atoms with Gasteiger partial charge >= 0.3 is 0 Å². The predicted octanol–water partition coefficient (Wildman–Crippen LogP) is 3.72. The number of benzene rings is 1. The highest BCUT2D eigenvalue weighted by Crippen LogP contribution is 2.32. The molecule has 3 rings (SSSR count). The van der Waals surface area contributed by atoms with Crippen molar-refractivity contribution < 1.29 is 0 Å². The molecular formula is C14H15ClN2S. The van der Waals surface area contributed by atoms with E-state index in [2.05, 4.69) is 6.07 Å². The third kappa shape index (κ3) is 2.44. The Labute approximate surface area is 116 Å². The standard InChI is InChI=1S/C14H15ClN2S/c15-10-4-1-3-9(7-10)8-13-17-14-11(16)5-2-6-12(14)18-13/h1,3-4,7,11H,2,5-6,8,16H2. The van der Waals surface area contributed by atoms with E-state index < -0.39 is 0 Å². The molecule has 1 heterocycles. The third-order valence-electron chi connectivity index (χ3n) is 3.29. The molecule has 1 aromatic heterocycles. The Balaban J connectivity index is 1.85. The minimum Gasteiger partial charge on any atom is -0.323 e. The molecule has 0 bridgehead atoms. The van der Waals surface area contributed by atoms with Crippen LogP contribution in [-0.2, 0) is 12.8 Å². The monoisotopic (exact) mass is 278 g/mol. The third-order valence-corrected chi connectivity index (χ3v) is 4.65. The fourth-order valence-electron chi connectivity index (χ4n) is 2.40. The van der Waals surface area contributed by atoms with Gasteiger partial charge in [0.25, 0.3) is 0 Å². The molecule has 2 nitrogen and oxygen atoms in total. The molecule has 1 aliphatic carbocycles. The Kier molecular flexibility index (Phi) is 3.37. The van der Waals surface area contributed by atoms with Crippen molar-refractivity contribution in [1.82, 2.24) is 4.98 Å². The Morgan fingerprint density at radius 3 is 3.11 bits per heavy atom. The molecule has 94 valence electrons. The van der Waals surface area contributed by atoms with Crippen molar-refractivity contribution in [1.29, 1.82) is 0 Å². The van der Waals surface area contributed by atoms with E-state index in [1.807, 2.05) is 18.2 Å². The van der Waals surface area contributed by atoms with Gasteiger partial charge in [0, 0.05) is 22.4 Å². The molecule has 1 aromatic carbocycles. The smallest absolute Gasteiger partial charge is 0.0975 e. The molecule has 0 amide bonds. The largest absolute Gasteiger partial charge is 0.323 e. The average molecular weight is 279 g/mol. The zero-order chi connectivity index (χ0) is 12.5. The van der Waals surface area contributed by atoms with Gasteiger partial charge in [-0.1, -0.05) is 23.7 Å². The van der Waals surface area contributed by atoms with Gasteiger partial charge in [0.05, 0.1) is 10.7 Å². The summed E-state index contributed by atoms with van der Waals surface area (Å²) >= 11 is 7.80. The van der Waals surface area contributed by atoms with E-state index in [0.29, 0.717) is 0 Å². The first-order valence-corrected chi connectivity index (χ1v) is 7.40. The Bertz CT molecular complexity index is 565. The van der Waals surface area contributed by atoms with Gasteiger partial charge in [0.2, 0.25) is 0 Å². The first kappa shape index (κ1) is 12.2. The van der Waals surface area contributed by atoms with Crippen LogP contribution in [0.2, 0.25) is 5.02 Å². The summed E-state index contributed by atoms with van der Waals surface area (Å²) in [7, 11) is 0. The molecule has 1 unspecified atom stereocenters. The maximum absolute atomic E-state index is 6.10. The maximum Gasteiger partial charge on any atom is 0.0975 e. The lowest BCUT2D eigenvalue weighted by Gasteiger charge is -2.15. The quantitative estimate of drug-likeness (QED) is 0.909. The summed E-state index contributed by atoms with van der Waals surface area (Å²) in [6.45, 7) is 0. The summed E-state index contributed by atoms with van der Waals surface area (Å²) in [6.07, 6.45) is 4.24. The van der Waals surface area contributed by atoms with Crippen molar-refractivity contribution in [2.24, 2.45) is 5.73 Å². The van der Waals surface area contributed by atoms with Crippen LogP contribution in [0.5, 0.6) is 0 Å². The van der Waals surface area contributed by atoms with Crippen LogP contribution in [0.4, 0.5) is 0 Å². The first-order chi connectivity index (χ1) is 8.72. The number of nitrogens with zero attached hydrogens (tertiary/aromatic N) is 1. The lowest BCUT2D eigenvalue weighted by molar-refractivity contribution is 0.562. The Morgan fingerprint density at radius 1 is 1.44 bits per heavy atom. The number of hydrogen-bond donors (Lipinski definition) is 1. The molecule has 0 spiro atoms. The zero-order valence-corrected chi connectivity index (χ0v) is 11.6. The molecule has 2 aromatic rings. The van der Waals surface area contributed by atoms with Crippen LogP contribution in [0.3, 0.4) is 0 Å². The summed E-state index contributed by atoms with van der Waals surface area (Å²) in [5.74, 6) is 0. The summed E-state index contributed by atoms with van der Waals surface area (Å²) < 4.78 is 0. The number of aryl methyl sites for hydroxylation is 1. The fraction of sp³-hybridized carbons (Fsp3) is 0.357. The molecule has 0 radical (unpaired) electrons. The van der Waals surface area contributed by atoms with Crippen molar-refractivity contribution in [3.05, 3.63) is 50.4 Å². The minimum absolute atomic E-state index is 0.137. The summed E-state index contributed by atoms with van der Waals surface area (Å²) in [5, 5.41) is 1.94. The van der Waals surface area contributed by atoms with Gasteiger partial charge in [-0.2, -0.15) is 0 Å². The molecular weight excluding hydrogens is 264 g/mol. The van der Waals surface area contributed by atoms with Crippen molar-refractivity contribution in [2.45, 2.75) is 31.7 Å². The summed E-state index contributed by atoms with van der Waals surface area (Å²) in [5.41, 5.74) is 8.44. The summed E-state index contributed by atoms with van der Waals surface area (Å²) in [6, 6.07) is 8.11. The normalized spacial score (nSPS) is 18.7. The number of aromatic nitrogens is 1. The van der Waals surface area contributed by atoms with Gasteiger partial charge in [0.15, 0.2) is 0 Å². The second-order valence-electron chi connectivity index (χ2n) is 4.72. The molecule has 4 heteroatoms. The molecule has 18 heavy (non-hydrogen) atoms. The molecule has 0 fully saturated rings. The fourth-order valence-corrected chi connectivity index (χ4v) is 3.83. The highest BCUT2D eigenvalue weighted by Gasteiger charge is 2.21. The van der Waals surface area contributed by atoms with Crippen LogP contribution in [0.15, 0.2) is 24.3 Å². The maximum atomic E-state index is 6.10. The zero-order valence-electron chi connectivity index (χ0n) is 10.0. The van der Waals surface area contributed by atoms with Crippen molar-refractivity contribution in [3.8, 4) is 0 Å². The van der Waals surface area contributed by atoms with Gasteiger partial charge in [0.1, 0.15) is 0 Å². The SMILES string of the molecule is NC1CCCc2sc(Cc3cccc(Cl)c3)nc21. The number of hydrogen-bond acceptors (Lipinski definition) is 3. The number of rotatable bonds is 2. The molecule has 1 atom stereocenters. The van der Waals surface area contributed by atoms with Crippen LogP contribution in [0.1, 0.15) is 40.0 Å². The van der Waals surface area contributed by atoms with E-state index in [0.717, 1.165) is 35.0 Å². The lowest BCUT2D eigenvalue weighted by atomic mass is 9.99. The van der Waals surface area contributed by atoms with E-state index in [-0.39, 0.29) is 6.04 Å². The van der Waals surface area contributed by atoms with Crippen molar-refractivity contribution >= 4 is 22.9 Å². The van der Waals surface area contributed by atoms with Gasteiger partial charge in [-0.15, -0.1) is 11.3 Å². The van der Waals surface area contributed by atoms with Crippen molar-refractivity contribution in [3.63, 3.8) is 0 Å². The molecule has 0 aliphatic heterocycles. The highest BCUT2D eigenvalue weighted by molar-refractivity contribution is 7.11. The van der Waals surface area contributed by atoms with Crippen LogP contribution in [0, 0.1) is 0 Å². The van der Waals surface area contributed by atoms with E-state index in [9.17, 15) is 0 Å². The number of nitrogens with two attached hydrogens (primary N) is 1. The number of fused-ring (bicyclic) bond motifs is 1. The van der Waals surface area contributed by atoms with Crippen LogP contribution in [0.25, 0.3) is 0 Å². The molecule has 0 saturated carbocycles. The second-order valence-corrected chi connectivity index (χ2v) is 6.33. The Morgan fingerprint density at radius 2 is 2.33 bits per heavy atom. The van der Waals surface area contributed by atoms with Crippen LogP contribution in [-0.4, -0.2) is 4.98 Å². The van der Waals surface area contributed by atoms with E-state index in [1.54, 1.807) is 11.3 Å². The van der Waals surface area contributed by atoms with Gasteiger partial charge < -0.3 is 5.73 Å². The summed E-state index contributed by atoms with van der Waals surface area (Å²) in [4.78, 5) is 6.09. The topological polar surface area (TPSA) is 38.9 Å². The van der Waals surface area contributed by atoms with Crippen molar-refractivity contribution in [2.75, 3.05) is 0 Å². The highest BCUT2D eigenvalue weighted by atomic mass is 35.5. The number of halogens is 1. The molecule has 0 saturated heterocycles. The second kappa shape index (κ2) is 5.00. The minimum atomic E-state index is 0.137. The Hall–Kier alpha value is -0.900. The van der Waals surface area contributed by atoms with Gasteiger partial charge in [-0.05, 0) is 37.0 Å². The average Bonchev–Trinajstić information content (AvgIpc) is 2.73. The molecule has 1 aliphatic rings. The molecule has 2 N–H and O–H groups in total. The lowest BCUT2D eigenvalue weighted by Crippen LogP contribution is -2.16. The van der Waals surface area contributed by atoms with Gasteiger partial charge in [-0.3, -0.25) is 0 Å². The van der Waals surface area contributed by atoms with E-state index in [4.69, 9.17) is 22.3 Å². The van der Waals surface area contributed by atoms with E-state index >= 15 is 0 Å².